The van der Waals surface area contributed by atoms with Crippen molar-refractivity contribution in [2.24, 2.45) is 17.5 Å². The van der Waals surface area contributed by atoms with Gasteiger partial charge in [-0.05, 0) is 13.5 Å². The van der Waals surface area contributed by atoms with Gasteiger partial charge in [0.05, 0.1) is 12.5 Å². The molecule has 0 aliphatic rings. The minimum atomic E-state index is -0.399. The second-order valence-corrected chi connectivity index (χ2v) is 3.57. The third kappa shape index (κ3) is 4.26. The molecule has 15 heavy (non-hydrogen) atoms. The van der Waals surface area contributed by atoms with Gasteiger partial charge in [-0.25, -0.2) is 5.84 Å². The molecule has 88 valence electrons. The molecule has 2 atom stereocenters. The van der Waals surface area contributed by atoms with Crippen LogP contribution in [0.3, 0.4) is 0 Å². The maximum absolute atomic E-state index is 11.3. The van der Waals surface area contributed by atoms with Crippen LogP contribution in [0.25, 0.3) is 0 Å². The fourth-order valence-electron chi connectivity index (χ4n) is 1.41. The number of carbonyl (C=O) groups excluding carboxylic acids is 2. The predicted molar refractivity (Wildman–Crippen MR) is 57.4 cm³/mol. The Hall–Kier alpha value is -1.14. The zero-order valence-electron chi connectivity index (χ0n) is 9.49. The largest absolute Gasteiger partial charge is 0.369 e. The highest BCUT2D eigenvalue weighted by atomic mass is 16.2. The standard InChI is InChI=1S/C9H20N4O2/c1-4-13(5-8(10)14)7(3)6(2)9(15)12-11/h6-7H,4-5,11H2,1-3H3,(H2,10,14)(H,12,15). The quantitative estimate of drug-likeness (QED) is 0.295. The van der Waals surface area contributed by atoms with E-state index in [0.29, 0.717) is 6.54 Å². The second-order valence-electron chi connectivity index (χ2n) is 3.57. The highest BCUT2D eigenvalue weighted by Crippen LogP contribution is 2.10. The number of likely N-dealkylation sites (N-methyl/N-ethyl adjacent to an activating group) is 1. The van der Waals surface area contributed by atoms with Crippen molar-refractivity contribution >= 4 is 11.8 Å². The zero-order valence-corrected chi connectivity index (χ0v) is 9.49. The number of nitrogens with two attached hydrogens (primary N) is 2. The lowest BCUT2D eigenvalue weighted by molar-refractivity contribution is -0.128. The molecule has 0 heterocycles. The molecule has 2 amide bonds. The molecule has 2 unspecified atom stereocenters. The summed E-state index contributed by atoms with van der Waals surface area (Å²) in [5.41, 5.74) is 7.21. The molecule has 0 fully saturated rings. The van der Waals surface area contributed by atoms with Crippen LogP contribution in [0.2, 0.25) is 0 Å². The first-order valence-electron chi connectivity index (χ1n) is 4.96. The Morgan fingerprint density at radius 1 is 1.40 bits per heavy atom. The predicted octanol–water partition coefficient (Wildman–Crippen LogP) is -1.19. The number of amides is 2. The van der Waals surface area contributed by atoms with Crippen molar-refractivity contribution in [3.63, 3.8) is 0 Å². The van der Waals surface area contributed by atoms with E-state index in [1.807, 2.05) is 18.7 Å². The minimum absolute atomic E-state index is 0.0777. The normalized spacial score (nSPS) is 14.7. The Bertz CT molecular complexity index is 232. The van der Waals surface area contributed by atoms with Crippen LogP contribution >= 0.6 is 0 Å². The first-order valence-corrected chi connectivity index (χ1v) is 4.96. The third-order valence-electron chi connectivity index (χ3n) is 2.62. The lowest BCUT2D eigenvalue weighted by Crippen LogP contribution is -2.48. The lowest BCUT2D eigenvalue weighted by atomic mass is 10.0. The second kappa shape index (κ2) is 6.36. The topological polar surface area (TPSA) is 101 Å². The molecule has 0 aromatic rings. The molecular formula is C9H20N4O2. The SMILES string of the molecule is CCN(CC(N)=O)C(C)C(C)C(=O)NN. The number of carbonyl (C=O) groups is 2. The van der Waals surface area contributed by atoms with Crippen molar-refractivity contribution in [1.29, 1.82) is 0 Å². The molecule has 6 heteroatoms. The summed E-state index contributed by atoms with van der Waals surface area (Å²) in [6.45, 7) is 6.35. The van der Waals surface area contributed by atoms with Gasteiger partial charge in [-0.3, -0.25) is 19.9 Å². The van der Waals surface area contributed by atoms with Gasteiger partial charge in [-0.1, -0.05) is 13.8 Å². The van der Waals surface area contributed by atoms with Gasteiger partial charge in [0.15, 0.2) is 0 Å². The summed E-state index contributed by atoms with van der Waals surface area (Å²) in [4.78, 5) is 23.9. The molecule has 0 radical (unpaired) electrons. The van der Waals surface area contributed by atoms with Crippen LogP contribution in [0.15, 0.2) is 0 Å². The number of hydrogen-bond donors (Lipinski definition) is 3. The number of hydrazine groups is 1. The summed E-state index contributed by atoms with van der Waals surface area (Å²) in [5.74, 6) is 4.12. The van der Waals surface area contributed by atoms with E-state index in [-0.39, 0.29) is 24.4 Å². The van der Waals surface area contributed by atoms with Crippen LogP contribution in [0.1, 0.15) is 20.8 Å². The van der Waals surface area contributed by atoms with E-state index in [1.165, 1.54) is 0 Å². The van der Waals surface area contributed by atoms with E-state index >= 15 is 0 Å². The molecule has 0 spiro atoms. The average Bonchev–Trinajstić information content (AvgIpc) is 2.22. The van der Waals surface area contributed by atoms with Gasteiger partial charge in [0.25, 0.3) is 0 Å². The van der Waals surface area contributed by atoms with E-state index < -0.39 is 5.91 Å². The summed E-state index contributed by atoms with van der Waals surface area (Å²) in [7, 11) is 0. The molecular weight excluding hydrogens is 196 g/mol. The van der Waals surface area contributed by atoms with Crippen LogP contribution in [0.5, 0.6) is 0 Å². The minimum Gasteiger partial charge on any atom is -0.369 e. The summed E-state index contributed by atoms with van der Waals surface area (Å²) < 4.78 is 0. The summed E-state index contributed by atoms with van der Waals surface area (Å²) in [6.07, 6.45) is 0. The van der Waals surface area contributed by atoms with Gasteiger partial charge in [0.2, 0.25) is 11.8 Å². The van der Waals surface area contributed by atoms with Gasteiger partial charge in [-0.15, -0.1) is 0 Å². The molecule has 0 aliphatic heterocycles. The maximum Gasteiger partial charge on any atom is 0.238 e. The van der Waals surface area contributed by atoms with Crippen LogP contribution in [0.4, 0.5) is 0 Å². The van der Waals surface area contributed by atoms with Crippen molar-refractivity contribution in [3.8, 4) is 0 Å². The highest BCUT2D eigenvalue weighted by Gasteiger charge is 2.24. The molecule has 0 aromatic carbocycles. The van der Waals surface area contributed by atoms with Crippen LogP contribution < -0.4 is 17.0 Å². The van der Waals surface area contributed by atoms with Crippen LogP contribution in [0, 0.1) is 5.92 Å². The van der Waals surface area contributed by atoms with E-state index in [2.05, 4.69) is 5.43 Å². The molecule has 6 nitrogen and oxygen atoms in total. The van der Waals surface area contributed by atoms with Crippen molar-refractivity contribution in [2.45, 2.75) is 26.8 Å². The van der Waals surface area contributed by atoms with Gasteiger partial charge in [-0.2, -0.15) is 0 Å². The Morgan fingerprint density at radius 2 is 1.93 bits per heavy atom. The average molecular weight is 216 g/mol. The number of nitrogens with zero attached hydrogens (tertiary/aromatic N) is 1. The first kappa shape index (κ1) is 13.9. The van der Waals surface area contributed by atoms with E-state index in [1.54, 1.807) is 6.92 Å². The van der Waals surface area contributed by atoms with E-state index in [0.717, 1.165) is 0 Å². The Morgan fingerprint density at radius 3 is 2.27 bits per heavy atom. The van der Waals surface area contributed by atoms with Gasteiger partial charge in [0, 0.05) is 6.04 Å². The fourth-order valence-corrected chi connectivity index (χ4v) is 1.41. The van der Waals surface area contributed by atoms with Crippen molar-refractivity contribution in [1.82, 2.24) is 10.3 Å². The molecule has 0 saturated carbocycles. The Kier molecular flexibility index (Phi) is 5.88. The van der Waals surface area contributed by atoms with Crippen molar-refractivity contribution in [3.05, 3.63) is 0 Å². The van der Waals surface area contributed by atoms with Gasteiger partial charge in [0.1, 0.15) is 0 Å². The van der Waals surface area contributed by atoms with E-state index in [9.17, 15) is 9.59 Å². The summed E-state index contributed by atoms with van der Waals surface area (Å²) >= 11 is 0. The number of primary amides is 1. The lowest BCUT2D eigenvalue weighted by Gasteiger charge is -2.30. The van der Waals surface area contributed by atoms with E-state index in [4.69, 9.17) is 11.6 Å². The summed E-state index contributed by atoms with van der Waals surface area (Å²) in [5, 5.41) is 0. The van der Waals surface area contributed by atoms with Crippen LogP contribution in [-0.4, -0.2) is 35.8 Å². The van der Waals surface area contributed by atoms with Crippen molar-refractivity contribution in [2.75, 3.05) is 13.1 Å². The summed E-state index contributed by atoms with van der Waals surface area (Å²) in [6, 6.07) is -0.0777. The molecule has 0 aromatic heterocycles. The molecule has 0 saturated heterocycles. The third-order valence-corrected chi connectivity index (χ3v) is 2.62. The Labute approximate surface area is 89.9 Å². The van der Waals surface area contributed by atoms with Gasteiger partial charge < -0.3 is 5.73 Å². The van der Waals surface area contributed by atoms with Crippen LogP contribution in [-0.2, 0) is 9.59 Å². The smallest absolute Gasteiger partial charge is 0.238 e. The number of rotatable bonds is 6. The van der Waals surface area contributed by atoms with Crippen molar-refractivity contribution < 1.29 is 9.59 Å². The highest BCUT2D eigenvalue weighted by molar-refractivity contribution is 5.79. The Balaban J connectivity index is 4.42. The zero-order chi connectivity index (χ0) is 12.0. The number of nitrogens with one attached hydrogen (secondary N) is 1. The number of hydrogen-bond acceptors (Lipinski definition) is 4. The first-order chi connectivity index (χ1) is 6.93. The monoisotopic (exact) mass is 216 g/mol. The van der Waals surface area contributed by atoms with Gasteiger partial charge >= 0.3 is 0 Å². The molecule has 0 aliphatic carbocycles. The molecule has 0 rings (SSSR count). The molecule has 5 N–H and O–H groups in total. The fraction of sp³-hybridized carbons (Fsp3) is 0.778. The molecule has 0 bridgehead atoms. The maximum atomic E-state index is 11.3.